The maximum Gasteiger partial charge on any atom is 0.0594 e. The highest BCUT2D eigenvalue weighted by molar-refractivity contribution is 4.82. The second-order valence-electron chi connectivity index (χ2n) is 3.13. The normalized spacial score (nSPS) is 13.4. The number of rotatable bonds is 6. The zero-order valence-electron chi connectivity index (χ0n) is 8.45. The molecule has 70 valence electrons. The highest BCUT2D eigenvalue weighted by Crippen LogP contribution is 2.01. The molecular weight excluding hydrogens is 148 g/mol. The van der Waals surface area contributed by atoms with E-state index in [0.717, 1.165) is 13.1 Å². The highest BCUT2D eigenvalue weighted by Gasteiger charge is 2.11. The zero-order chi connectivity index (χ0) is 9.56. The molecule has 0 rings (SSSR count). The van der Waals surface area contributed by atoms with E-state index < -0.39 is 0 Å². The lowest BCUT2D eigenvalue weighted by Gasteiger charge is -2.31. The fraction of sp³-hybridized carbons (Fsp3) is 0.600. The number of nitrogens with zero attached hydrogens (tertiary/aromatic N) is 2. The summed E-state index contributed by atoms with van der Waals surface area (Å²) in [5.74, 6) is 0. The van der Waals surface area contributed by atoms with Gasteiger partial charge in [0.25, 0.3) is 0 Å². The Morgan fingerprint density at radius 1 is 1.17 bits per heavy atom. The largest absolute Gasteiger partial charge is 0.294 e. The van der Waals surface area contributed by atoms with Crippen molar-refractivity contribution < 1.29 is 0 Å². The van der Waals surface area contributed by atoms with E-state index in [9.17, 15) is 0 Å². The molecule has 0 aromatic rings. The van der Waals surface area contributed by atoms with E-state index >= 15 is 0 Å². The van der Waals surface area contributed by atoms with Crippen molar-refractivity contribution in [1.29, 1.82) is 0 Å². The summed E-state index contributed by atoms with van der Waals surface area (Å²) in [5.41, 5.74) is 0. The molecule has 0 radical (unpaired) electrons. The lowest BCUT2D eigenvalue weighted by Crippen LogP contribution is -2.42. The van der Waals surface area contributed by atoms with Gasteiger partial charge in [-0.05, 0) is 21.0 Å². The smallest absolute Gasteiger partial charge is 0.0594 e. The molecular formula is C10H20N2. The first-order valence-corrected chi connectivity index (χ1v) is 4.25. The molecule has 1 atom stereocenters. The van der Waals surface area contributed by atoms with E-state index in [4.69, 9.17) is 0 Å². The zero-order valence-corrected chi connectivity index (χ0v) is 8.45. The van der Waals surface area contributed by atoms with E-state index in [2.05, 4.69) is 44.0 Å². The Balaban J connectivity index is 4.06. The Bertz CT molecular complexity index is 131. The number of hydrogen-bond acceptors (Lipinski definition) is 2. The minimum Gasteiger partial charge on any atom is -0.294 e. The van der Waals surface area contributed by atoms with Gasteiger partial charge in [-0.15, -0.1) is 13.2 Å². The molecule has 0 bridgehead atoms. The van der Waals surface area contributed by atoms with Gasteiger partial charge in [-0.3, -0.25) is 9.80 Å². The first-order chi connectivity index (χ1) is 5.63. The molecule has 2 nitrogen and oxygen atoms in total. The van der Waals surface area contributed by atoms with Crippen molar-refractivity contribution in [3.05, 3.63) is 25.3 Å². The van der Waals surface area contributed by atoms with Gasteiger partial charge in [0.2, 0.25) is 0 Å². The summed E-state index contributed by atoms with van der Waals surface area (Å²) in [5, 5.41) is 0. The van der Waals surface area contributed by atoms with Gasteiger partial charge in [0.15, 0.2) is 0 Å². The van der Waals surface area contributed by atoms with Crippen LogP contribution in [0.2, 0.25) is 0 Å². The van der Waals surface area contributed by atoms with Crippen molar-refractivity contribution >= 4 is 0 Å². The van der Waals surface area contributed by atoms with E-state index in [1.807, 2.05) is 12.2 Å². The summed E-state index contributed by atoms with van der Waals surface area (Å²) in [6, 6.07) is 0. The Morgan fingerprint density at radius 2 is 1.58 bits per heavy atom. The van der Waals surface area contributed by atoms with Crippen molar-refractivity contribution in [1.82, 2.24) is 9.80 Å². The van der Waals surface area contributed by atoms with Gasteiger partial charge in [-0.2, -0.15) is 0 Å². The molecule has 0 fully saturated rings. The van der Waals surface area contributed by atoms with Gasteiger partial charge in [0.05, 0.1) is 6.17 Å². The second kappa shape index (κ2) is 5.98. The van der Waals surface area contributed by atoms with E-state index in [1.54, 1.807) is 0 Å². The van der Waals surface area contributed by atoms with Gasteiger partial charge < -0.3 is 0 Å². The first kappa shape index (κ1) is 11.4. The minimum absolute atomic E-state index is 0.431. The van der Waals surface area contributed by atoms with Crippen molar-refractivity contribution in [2.45, 2.75) is 13.1 Å². The standard InChI is InChI=1S/C10H20N2/c1-6-8-12(9-7-2)10(3)11(4)5/h6-7,10H,1-2,8-9H2,3-5H3. The fourth-order valence-electron chi connectivity index (χ4n) is 1.04. The van der Waals surface area contributed by atoms with Crippen LogP contribution in [0.25, 0.3) is 0 Å². The van der Waals surface area contributed by atoms with Crippen LogP contribution in [-0.2, 0) is 0 Å². The maximum absolute atomic E-state index is 3.73. The lowest BCUT2D eigenvalue weighted by atomic mass is 10.3. The van der Waals surface area contributed by atoms with Crippen molar-refractivity contribution in [2.24, 2.45) is 0 Å². The Labute approximate surface area is 76.2 Å². The average molecular weight is 168 g/mol. The molecule has 0 aromatic heterocycles. The third-order valence-corrected chi connectivity index (χ3v) is 2.00. The van der Waals surface area contributed by atoms with Crippen LogP contribution >= 0.6 is 0 Å². The van der Waals surface area contributed by atoms with Crippen LogP contribution in [0.4, 0.5) is 0 Å². The van der Waals surface area contributed by atoms with Gasteiger partial charge in [-0.1, -0.05) is 12.2 Å². The van der Waals surface area contributed by atoms with Crippen molar-refractivity contribution in [3.8, 4) is 0 Å². The van der Waals surface area contributed by atoms with Crippen LogP contribution in [0, 0.1) is 0 Å². The highest BCUT2D eigenvalue weighted by atomic mass is 15.3. The molecule has 12 heavy (non-hydrogen) atoms. The molecule has 0 spiro atoms. The summed E-state index contributed by atoms with van der Waals surface area (Å²) in [4.78, 5) is 4.47. The van der Waals surface area contributed by atoms with Crippen LogP contribution < -0.4 is 0 Å². The monoisotopic (exact) mass is 168 g/mol. The van der Waals surface area contributed by atoms with E-state index in [1.165, 1.54) is 0 Å². The Kier molecular flexibility index (Phi) is 5.68. The Morgan fingerprint density at radius 3 is 1.83 bits per heavy atom. The number of hydrogen-bond donors (Lipinski definition) is 0. The summed E-state index contributed by atoms with van der Waals surface area (Å²) in [7, 11) is 4.15. The molecule has 0 heterocycles. The summed E-state index contributed by atoms with van der Waals surface area (Å²) in [6.45, 7) is 11.4. The summed E-state index contributed by atoms with van der Waals surface area (Å²) >= 11 is 0. The van der Waals surface area contributed by atoms with Crippen LogP contribution in [0.1, 0.15) is 6.92 Å². The van der Waals surface area contributed by atoms with Crippen molar-refractivity contribution in [2.75, 3.05) is 27.2 Å². The minimum atomic E-state index is 0.431. The molecule has 0 aliphatic carbocycles. The molecule has 0 aliphatic heterocycles. The molecule has 0 aromatic carbocycles. The van der Waals surface area contributed by atoms with Crippen LogP contribution in [-0.4, -0.2) is 43.2 Å². The SMILES string of the molecule is C=CCN(CC=C)C(C)N(C)C. The molecule has 0 saturated heterocycles. The molecule has 0 amide bonds. The quantitative estimate of drug-likeness (QED) is 0.439. The predicted octanol–water partition coefficient (Wildman–Crippen LogP) is 1.57. The topological polar surface area (TPSA) is 6.48 Å². The summed E-state index contributed by atoms with van der Waals surface area (Å²) < 4.78 is 0. The van der Waals surface area contributed by atoms with Gasteiger partial charge >= 0.3 is 0 Å². The molecule has 1 unspecified atom stereocenters. The lowest BCUT2D eigenvalue weighted by molar-refractivity contribution is 0.118. The molecule has 0 aliphatic rings. The van der Waals surface area contributed by atoms with E-state index in [-0.39, 0.29) is 0 Å². The van der Waals surface area contributed by atoms with Gasteiger partial charge in [-0.25, -0.2) is 0 Å². The van der Waals surface area contributed by atoms with Gasteiger partial charge in [0.1, 0.15) is 0 Å². The van der Waals surface area contributed by atoms with Crippen LogP contribution in [0.15, 0.2) is 25.3 Å². The third-order valence-electron chi connectivity index (χ3n) is 2.00. The van der Waals surface area contributed by atoms with Crippen LogP contribution in [0.3, 0.4) is 0 Å². The van der Waals surface area contributed by atoms with E-state index in [0.29, 0.717) is 6.17 Å². The summed E-state index contributed by atoms with van der Waals surface area (Å²) in [6.07, 6.45) is 4.27. The average Bonchev–Trinajstić information content (AvgIpc) is 2.03. The third kappa shape index (κ3) is 3.69. The fourth-order valence-corrected chi connectivity index (χ4v) is 1.04. The first-order valence-electron chi connectivity index (χ1n) is 4.25. The predicted molar refractivity (Wildman–Crippen MR) is 55.1 cm³/mol. The molecule has 0 N–H and O–H groups in total. The van der Waals surface area contributed by atoms with Gasteiger partial charge in [0, 0.05) is 13.1 Å². The van der Waals surface area contributed by atoms with Crippen molar-refractivity contribution in [3.63, 3.8) is 0 Å². The maximum atomic E-state index is 3.73. The Hall–Kier alpha value is -0.600. The molecule has 0 saturated carbocycles. The van der Waals surface area contributed by atoms with Crippen LogP contribution in [0.5, 0.6) is 0 Å². The molecule has 2 heteroatoms. The second-order valence-corrected chi connectivity index (χ2v) is 3.13.